The Morgan fingerprint density at radius 3 is 2.95 bits per heavy atom. The first-order valence-electron chi connectivity index (χ1n) is 6.74. The molecule has 2 N–H and O–H groups in total. The quantitative estimate of drug-likeness (QED) is 0.527. The van der Waals surface area contributed by atoms with Crippen LogP contribution in [0, 0.1) is 18.9 Å². The standard InChI is InChI=1S/C17H15NO2S/c1-11-15(9-14(10-19)21-11)17-16-8-12(4-6-18)2-3-13(16)5-7-20-17/h2-3,8-10,17H,5,7,18H2,1H3. The Kier molecular flexibility index (Phi) is 3.78. The molecular formula is C17H15NO2S. The molecule has 1 aromatic heterocycles. The lowest BCUT2D eigenvalue weighted by Crippen LogP contribution is -2.17. The largest absolute Gasteiger partial charge is 0.368 e. The van der Waals surface area contributed by atoms with E-state index in [-0.39, 0.29) is 6.10 Å². The van der Waals surface area contributed by atoms with Gasteiger partial charge in [0.15, 0.2) is 6.29 Å². The fourth-order valence-electron chi connectivity index (χ4n) is 2.70. The molecule has 1 atom stereocenters. The number of nitrogens with two attached hydrogens (primary N) is 1. The summed E-state index contributed by atoms with van der Waals surface area (Å²) < 4.78 is 5.97. The molecule has 3 nitrogen and oxygen atoms in total. The molecule has 0 aliphatic carbocycles. The Morgan fingerprint density at radius 2 is 2.24 bits per heavy atom. The Morgan fingerprint density at radius 1 is 1.38 bits per heavy atom. The maximum atomic E-state index is 11.0. The van der Waals surface area contributed by atoms with Crippen molar-refractivity contribution in [2.45, 2.75) is 19.4 Å². The van der Waals surface area contributed by atoms with Gasteiger partial charge in [-0.05, 0) is 54.2 Å². The Hall–Kier alpha value is -2.09. The van der Waals surface area contributed by atoms with Crippen LogP contribution in [0.4, 0.5) is 0 Å². The summed E-state index contributed by atoms with van der Waals surface area (Å²) in [7, 11) is 0. The third-order valence-corrected chi connectivity index (χ3v) is 4.67. The van der Waals surface area contributed by atoms with E-state index in [0.717, 1.165) is 39.2 Å². The molecule has 1 aliphatic rings. The van der Waals surface area contributed by atoms with Crippen molar-refractivity contribution >= 4 is 17.6 Å². The zero-order chi connectivity index (χ0) is 14.8. The molecule has 0 radical (unpaired) electrons. The van der Waals surface area contributed by atoms with Crippen LogP contribution in [0.2, 0.25) is 0 Å². The maximum absolute atomic E-state index is 11.0. The van der Waals surface area contributed by atoms with E-state index in [1.54, 1.807) is 0 Å². The van der Waals surface area contributed by atoms with Gasteiger partial charge in [-0.15, -0.1) is 11.3 Å². The van der Waals surface area contributed by atoms with Crippen LogP contribution in [0.3, 0.4) is 0 Å². The molecule has 0 fully saturated rings. The van der Waals surface area contributed by atoms with E-state index < -0.39 is 0 Å². The van der Waals surface area contributed by atoms with E-state index in [1.165, 1.54) is 16.9 Å². The highest BCUT2D eigenvalue weighted by Gasteiger charge is 2.25. The second kappa shape index (κ2) is 5.72. The molecule has 2 heterocycles. The van der Waals surface area contributed by atoms with E-state index in [1.807, 2.05) is 25.1 Å². The summed E-state index contributed by atoms with van der Waals surface area (Å²) in [5.74, 6) is 2.88. The first-order valence-corrected chi connectivity index (χ1v) is 7.56. The number of fused-ring (bicyclic) bond motifs is 1. The summed E-state index contributed by atoms with van der Waals surface area (Å²) in [5, 5.41) is 0. The van der Waals surface area contributed by atoms with Crippen molar-refractivity contribution in [2.24, 2.45) is 5.73 Å². The molecule has 4 heteroatoms. The van der Waals surface area contributed by atoms with Gasteiger partial charge < -0.3 is 10.5 Å². The van der Waals surface area contributed by atoms with Crippen molar-refractivity contribution in [1.29, 1.82) is 0 Å². The zero-order valence-electron chi connectivity index (χ0n) is 11.7. The molecular weight excluding hydrogens is 282 g/mol. The molecule has 0 amide bonds. The topological polar surface area (TPSA) is 52.3 Å². The van der Waals surface area contributed by atoms with Crippen LogP contribution in [0.5, 0.6) is 0 Å². The molecule has 1 unspecified atom stereocenters. The van der Waals surface area contributed by atoms with Crippen molar-refractivity contribution < 1.29 is 9.53 Å². The van der Waals surface area contributed by atoms with Gasteiger partial charge in [-0.25, -0.2) is 0 Å². The van der Waals surface area contributed by atoms with Gasteiger partial charge in [0.1, 0.15) is 6.10 Å². The second-order valence-corrected chi connectivity index (χ2v) is 6.25. The molecule has 0 bridgehead atoms. The molecule has 1 aromatic carbocycles. The molecule has 106 valence electrons. The summed E-state index contributed by atoms with van der Waals surface area (Å²) in [4.78, 5) is 12.8. The number of hydrogen-bond acceptors (Lipinski definition) is 4. The predicted molar refractivity (Wildman–Crippen MR) is 83.4 cm³/mol. The smallest absolute Gasteiger partial charge is 0.160 e. The number of carbonyl (C=O) groups excluding carboxylic acids is 1. The number of aryl methyl sites for hydroxylation is 1. The highest BCUT2D eigenvalue weighted by Crippen LogP contribution is 2.37. The molecule has 1 aliphatic heterocycles. The lowest BCUT2D eigenvalue weighted by Gasteiger charge is -2.26. The van der Waals surface area contributed by atoms with Crippen LogP contribution in [-0.2, 0) is 11.2 Å². The third-order valence-electron chi connectivity index (χ3n) is 3.67. The Bertz CT molecular complexity index is 752. The minimum Gasteiger partial charge on any atom is -0.368 e. The van der Waals surface area contributed by atoms with Gasteiger partial charge in [0.2, 0.25) is 0 Å². The van der Waals surface area contributed by atoms with Crippen molar-refractivity contribution in [3.8, 4) is 12.0 Å². The van der Waals surface area contributed by atoms with Crippen LogP contribution in [0.15, 0.2) is 24.3 Å². The highest BCUT2D eigenvalue weighted by atomic mass is 32.1. The van der Waals surface area contributed by atoms with E-state index in [0.29, 0.717) is 6.61 Å². The fourth-order valence-corrected chi connectivity index (χ4v) is 3.57. The third kappa shape index (κ3) is 2.58. The highest BCUT2D eigenvalue weighted by molar-refractivity contribution is 7.13. The summed E-state index contributed by atoms with van der Waals surface area (Å²) in [6.45, 7) is 2.71. The van der Waals surface area contributed by atoms with Crippen LogP contribution >= 0.6 is 11.3 Å². The van der Waals surface area contributed by atoms with Crippen LogP contribution in [-0.4, -0.2) is 12.9 Å². The minimum atomic E-state index is -0.127. The molecule has 2 aromatic rings. The van der Waals surface area contributed by atoms with Crippen LogP contribution < -0.4 is 5.73 Å². The van der Waals surface area contributed by atoms with Gasteiger partial charge in [0, 0.05) is 16.5 Å². The number of hydrogen-bond donors (Lipinski definition) is 1. The molecule has 0 spiro atoms. The lowest BCUT2D eigenvalue weighted by molar-refractivity contribution is 0.0697. The Balaban J connectivity index is 2.09. The normalized spacial score (nSPS) is 16.7. The summed E-state index contributed by atoms with van der Waals surface area (Å²) >= 11 is 1.50. The monoisotopic (exact) mass is 297 g/mol. The number of carbonyl (C=O) groups is 1. The summed E-state index contributed by atoms with van der Waals surface area (Å²) in [5.41, 5.74) is 9.65. The first-order chi connectivity index (χ1) is 10.2. The summed E-state index contributed by atoms with van der Waals surface area (Å²) in [6.07, 6.45) is 1.66. The average Bonchev–Trinajstić information content (AvgIpc) is 2.88. The first kappa shape index (κ1) is 13.9. The minimum absolute atomic E-state index is 0.127. The number of benzene rings is 1. The second-order valence-electron chi connectivity index (χ2n) is 4.96. The van der Waals surface area contributed by atoms with Gasteiger partial charge in [-0.3, -0.25) is 4.79 Å². The van der Waals surface area contributed by atoms with Crippen molar-refractivity contribution in [1.82, 2.24) is 0 Å². The number of aldehydes is 1. The van der Waals surface area contributed by atoms with Crippen molar-refractivity contribution in [3.63, 3.8) is 0 Å². The van der Waals surface area contributed by atoms with Gasteiger partial charge in [-0.2, -0.15) is 0 Å². The number of thiophene rings is 1. The van der Waals surface area contributed by atoms with Gasteiger partial charge >= 0.3 is 0 Å². The molecule has 3 rings (SSSR count). The number of rotatable bonds is 2. The molecule has 0 saturated heterocycles. The summed E-state index contributed by atoms with van der Waals surface area (Å²) in [6, 6.07) is 10.5. The van der Waals surface area contributed by atoms with E-state index in [2.05, 4.69) is 18.0 Å². The van der Waals surface area contributed by atoms with Gasteiger partial charge in [-0.1, -0.05) is 6.07 Å². The van der Waals surface area contributed by atoms with Crippen molar-refractivity contribution in [2.75, 3.05) is 6.61 Å². The van der Waals surface area contributed by atoms with Crippen LogP contribution in [0.25, 0.3) is 0 Å². The maximum Gasteiger partial charge on any atom is 0.160 e. The average molecular weight is 297 g/mol. The van der Waals surface area contributed by atoms with Gasteiger partial charge in [0.25, 0.3) is 0 Å². The SMILES string of the molecule is Cc1sc(C=O)cc1C1OCCc2ccc(C#CN)cc21. The van der Waals surface area contributed by atoms with Gasteiger partial charge in [0.05, 0.1) is 11.5 Å². The van der Waals surface area contributed by atoms with Crippen molar-refractivity contribution in [3.05, 3.63) is 56.3 Å². The van der Waals surface area contributed by atoms with E-state index in [4.69, 9.17) is 10.5 Å². The molecule has 0 saturated carbocycles. The Labute approximate surface area is 127 Å². The lowest BCUT2D eigenvalue weighted by atomic mass is 9.91. The van der Waals surface area contributed by atoms with E-state index >= 15 is 0 Å². The van der Waals surface area contributed by atoms with Crippen LogP contribution in [0.1, 0.15) is 42.9 Å². The fraction of sp³-hybridized carbons (Fsp3) is 0.235. The zero-order valence-corrected chi connectivity index (χ0v) is 12.5. The molecule has 21 heavy (non-hydrogen) atoms. The predicted octanol–water partition coefficient (Wildman–Crippen LogP) is 2.80. The number of ether oxygens (including phenoxy) is 1. The van der Waals surface area contributed by atoms with E-state index in [9.17, 15) is 4.79 Å².